The quantitative estimate of drug-likeness (QED) is 0.577. The zero-order chi connectivity index (χ0) is 8.01. The molecule has 1 aliphatic carbocycles. The summed E-state index contributed by atoms with van der Waals surface area (Å²) in [6.45, 7) is 8.15. The van der Waals surface area contributed by atoms with Gasteiger partial charge < -0.3 is 4.98 Å². The third-order valence-corrected chi connectivity index (χ3v) is 2.14. The molecule has 0 bridgehead atoms. The van der Waals surface area contributed by atoms with E-state index in [-0.39, 0.29) is 0 Å². The first-order valence-electron chi connectivity index (χ1n) is 3.76. The maximum absolute atomic E-state index is 4.00. The van der Waals surface area contributed by atoms with Gasteiger partial charge in [0.2, 0.25) is 0 Å². The Morgan fingerprint density at radius 3 is 2.73 bits per heavy atom. The molecule has 0 amide bonds. The minimum atomic E-state index is 1.16. The van der Waals surface area contributed by atoms with E-state index in [1.54, 1.807) is 0 Å². The molecule has 1 heterocycles. The highest BCUT2D eigenvalue weighted by atomic mass is 14.7. The number of aryl methyl sites for hydroxylation is 1. The lowest BCUT2D eigenvalue weighted by Crippen LogP contribution is -1.73. The van der Waals surface area contributed by atoms with E-state index < -0.39 is 0 Å². The Morgan fingerprint density at radius 1 is 1.36 bits per heavy atom. The van der Waals surface area contributed by atoms with Crippen LogP contribution in [0.1, 0.15) is 23.9 Å². The topological polar surface area (TPSA) is 15.8 Å². The van der Waals surface area contributed by atoms with Crippen LogP contribution >= 0.6 is 0 Å². The lowest BCUT2D eigenvalue weighted by atomic mass is 10.1. The summed E-state index contributed by atoms with van der Waals surface area (Å²) >= 11 is 0. The van der Waals surface area contributed by atoms with Gasteiger partial charge in [-0.15, -0.1) is 0 Å². The molecule has 0 unspecified atom stereocenters. The lowest BCUT2D eigenvalue weighted by Gasteiger charge is -1.93. The summed E-state index contributed by atoms with van der Waals surface area (Å²) in [4.78, 5) is 3.28. The van der Waals surface area contributed by atoms with Gasteiger partial charge in [0.05, 0.1) is 0 Å². The van der Waals surface area contributed by atoms with Crippen molar-refractivity contribution in [1.29, 1.82) is 0 Å². The summed E-state index contributed by atoms with van der Waals surface area (Å²) in [6.07, 6.45) is 2.14. The second-order valence-corrected chi connectivity index (χ2v) is 3.09. The van der Waals surface area contributed by atoms with Crippen molar-refractivity contribution in [2.24, 2.45) is 0 Å². The fourth-order valence-corrected chi connectivity index (χ4v) is 1.49. The van der Waals surface area contributed by atoms with E-state index in [4.69, 9.17) is 0 Å². The van der Waals surface area contributed by atoms with E-state index in [9.17, 15) is 0 Å². The number of rotatable bonds is 0. The standard InChI is InChI=1S/C10H11N/c1-6-4-10-9(8(6)3)5-7(2)11-10/h4-5,11H,3H2,1-2H3. The van der Waals surface area contributed by atoms with Crippen molar-refractivity contribution in [1.82, 2.24) is 4.98 Å². The van der Waals surface area contributed by atoms with Crippen LogP contribution in [0.15, 0.2) is 18.2 Å². The predicted molar refractivity (Wildman–Crippen MR) is 48.2 cm³/mol. The first-order valence-corrected chi connectivity index (χ1v) is 3.76. The summed E-state index contributed by atoms with van der Waals surface area (Å²) < 4.78 is 0. The molecule has 56 valence electrons. The number of aromatic nitrogens is 1. The highest BCUT2D eigenvalue weighted by Crippen LogP contribution is 2.33. The van der Waals surface area contributed by atoms with Gasteiger partial charge in [-0.1, -0.05) is 6.58 Å². The first-order chi connectivity index (χ1) is 5.18. The largest absolute Gasteiger partial charge is 0.359 e. The fourth-order valence-electron chi connectivity index (χ4n) is 1.49. The van der Waals surface area contributed by atoms with Crippen LogP contribution in [0.5, 0.6) is 0 Å². The molecule has 1 heteroatoms. The Balaban J connectivity index is 2.65. The molecule has 0 aliphatic heterocycles. The molecule has 0 fully saturated rings. The van der Waals surface area contributed by atoms with Crippen molar-refractivity contribution < 1.29 is 0 Å². The third-order valence-electron chi connectivity index (χ3n) is 2.14. The highest BCUT2D eigenvalue weighted by Gasteiger charge is 2.15. The number of hydrogen-bond donors (Lipinski definition) is 1. The highest BCUT2D eigenvalue weighted by molar-refractivity contribution is 5.92. The molecule has 0 aromatic carbocycles. The molecule has 0 radical (unpaired) electrons. The minimum Gasteiger partial charge on any atom is -0.359 e. The Morgan fingerprint density at radius 2 is 2.09 bits per heavy atom. The molecule has 1 aromatic rings. The van der Waals surface area contributed by atoms with Gasteiger partial charge in [0.25, 0.3) is 0 Å². The Kier molecular flexibility index (Phi) is 1.10. The maximum atomic E-state index is 4.00. The molecular weight excluding hydrogens is 134 g/mol. The van der Waals surface area contributed by atoms with Crippen LogP contribution in [0.25, 0.3) is 11.6 Å². The molecule has 1 aliphatic rings. The van der Waals surface area contributed by atoms with Gasteiger partial charge in [0.1, 0.15) is 0 Å². The number of allylic oxidation sites excluding steroid dienone is 2. The number of hydrogen-bond acceptors (Lipinski definition) is 0. The molecule has 1 aromatic heterocycles. The monoisotopic (exact) mass is 145 g/mol. The van der Waals surface area contributed by atoms with E-state index in [1.807, 2.05) is 0 Å². The van der Waals surface area contributed by atoms with Gasteiger partial charge in [-0.3, -0.25) is 0 Å². The normalized spacial score (nSPS) is 15.1. The molecular formula is C10H11N. The van der Waals surface area contributed by atoms with Gasteiger partial charge in [-0.25, -0.2) is 0 Å². The second-order valence-electron chi connectivity index (χ2n) is 3.09. The molecule has 0 spiro atoms. The average molecular weight is 145 g/mol. The maximum Gasteiger partial charge on any atom is 0.0464 e. The summed E-state index contributed by atoms with van der Waals surface area (Å²) in [5, 5.41) is 0. The minimum absolute atomic E-state index is 1.16. The van der Waals surface area contributed by atoms with Crippen LogP contribution in [0.4, 0.5) is 0 Å². The number of aromatic amines is 1. The SMILES string of the molecule is C=C1C(C)=Cc2[nH]c(C)cc21. The second kappa shape index (κ2) is 1.88. The number of fused-ring (bicyclic) bond motifs is 1. The zero-order valence-corrected chi connectivity index (χ0v) is 6.86. The van der Waals surface area contributed by atoms with Gasteiger partial charge in [-0.2, -0.15) is 0 Å². The first kappa shape index (κ1) is 6.47. The van der Waals surface area contributed by atoms with E-state index in [1.165, 1.54) is 22.5 Å². The van der Waals surface area contributed by atoms with Crippen LogP contribution in [-0.4, -0.2) is 4.98 Å². The van der Waals surface area contributed by atoms with Gasteiger partial charge in [-0.05, 0) is 37.1 Å². The van der Waals surface area contributed by atoms with Crippen molar-refractivity contribution in [2.45, 2.75) is 13.8 Å². The van der Waals surface area contributed by atoms with Crippen LogP contribution in [0.3, 0.4) is 0 Å². The summed E-state index contributed by atoms with van der Waals surface area (Å²) in [5.41, 5.74) is 6.11. The van der Waals surface area contributed by atoms with Crippen LogP contribution in [0.2, 0.25) is 0 Å². The molecule has 1 N–H and O–H groups in total. The smallest absolute Gasteiger partial charge is 0.0464 e. The molecule has 1 nitrogen and oxygen atoms in total. The van der Waals surface area contributed by atoms with Crippen molar-refractivity contribution in [3.63, 3.8) is 0 Å². The van der Waals surface area contributed by atoms with Gasteiger partial charge in [0.15, 0.2) is 0 Å². The Labute approximate surface area is 66.4 Å². The van der Waals surface area contributed by atoms with Gasteiger partial charge >= 0.3 is 0 Å². The van der Waals surface area contributed by atoms with Crippen molar-refractivity contribution >= 4 is 11.6 Å². The molecule has 2 rings (SSSR count). The van der Waals surface area contributed by atoms with Gasteiger partial charge in [0, 0.05) is 17.0 Å². The van der Waals surface area contributed by atoms with Crippen molar-refractivity contribution in [3.8, 4) is 0 Å². The van der Waals surface area contributed by atoms with Crippen molar-refractivity contribution in [3.05, 3.63) is 35.2 Å². The summed E-state index contributed by atoms with van der Waals surface area (Å²) in [6, 6.07) is 2.14. The molecule has 0 saturated heterocycles. The Bertz CT molecular complexity index is 353. The molecule has 11 heavy (non-hydrogen) atoms. The summed E-state index contributed by atoms with van der Waals surface area (Å²) in [7, 11) is 0. The van der Waals surface area contributed by atoms with E-state index >= 15 is 0 Å². The molecule has 0 saturated carbocycles. The summed E-state index contributed by atoms with van der Waals surface area (Å²) in [5.74, 6) is 0. The van der Waals surface area contributed by atoms with Crippen molar-refractivity contribution in [2.75, 3.05) is 0 Å². The average Bonchev–Trinajstić information content (AvgIpc) is 2.37. The number of H-pyrrole nitrogens is 1. The fraction of sp³-hybridized carbons (Fsp3) is 0.200. The van der Waals surface area contributed by atoms with Crippen LogP contribution in [-0.2, 0) is 0 Å². The Hall–Kier alpha value is -1.24. The van der Waals surface area contributed by atoms with E-state index in [0.29, 0.717) is 0 Å². The lowest BCUT2D eigenvalue weighted by molar-refractivity contribution is 1.25. The molecule has 0 atom stereocenters. The zero-order valence-electron chi connectivity index (χ0n) is 6.86. The van der Waals surface area contributed by atoms with Crippen LogP contribution in [0, 0.1) is 6.92 Å². The van der Waals surface area contributed by atoms with Crippen LogP contribution < -0.4 is 0 Å². The number of nitrogens with one attached hydrogen (secondary N) is 1. The predicted octanol–water partition coefficient (Wildman–Crippen LogP) is 2.75. The van der Waals surface area contributed by atoms with E-state index in [2.05, 4.69) is 37.6 Å². The van der Waals surface area contributed by atoms with E-state index in [0.717, 1.165) is 5.57 Å². The third kappa shape index (κ3) is 0.773.